The first-order valence-electron chi connectivity index (χ1n) is 6.15. The molecule has 1 N–H and O–H groups in total. The molecule has 88 valence electrons. The van der Waals surface area contributed by atoms with Crippen molar-refractivity contribution in [2.45, 2.75) is 57.3 Å². The molecule has 2 saturated heterocycles. The molecule has 0 aromatic rings. The molecule has 0 spiro atoms. The van der Waals surface area contributed by atoms with Crippen molar-refractivity contribution in [1.82, 2.24) is 5.32 Å². The summed E-state index contributed by atoms with van der Waals surface area (Å²) in [6, 6.07) is 0.583. The molecule has 2 aliphatic rings. The summed E-state index contributed by atoms with van der Waals surface area (Å²) in [5, 5.41) is 3.43. The van der Waals surface area contributed by atoms with Gasteiger partial charge in [-0.25, -0.2) is 0 Å². The van der Waals surface area contributed by atoms with E-state index in [1.54, 1.807) is 0 Å². The third-order valence-corrected chi connectivity index (χ3v) is 3.34. The predicted molar refractivity (Wildman–Crippen MR) is 60.0 cm³/mol. The predicted octanol–water partition coefficient (Wildman–Crippen LogP) is 1.71. The molecule has 0 radical (unpaired) electrons. The molecular formula is C12H23NO2. The zero-order chi connectivity index (χ0) is 10.7. The highest BCUT2D eigenvalue weighted by Crippen LogP contribution is 2.29. The Bertz CT molecular complexity index is 200. The van der Waals surface area contributed by atoms with Crippen LogP contribution in [-0.4, -0.2) is 37.5 Å². The van der Waals surface area contributed by atoms with Crippen LogP contribution in [0.2, 0.25) is 0 Å². The Labute approximate surface area is 92.5 Å². The van der Waals surface area contributed by atoms with Crippen LogP contribution in [0.4, 0.5) is 0 Å². The van der Waals surface area contributed by atoms with E-state index in [9.17, 15) is 0 Å². The summed E-state index contributed by atoms with van der Waals surface area (Å²) in [5.74, 6) is 0. The minimum atomic E-state index is 0.0691. The molecule has 2 unspecified atom stereocenters. The van der Waals surface area contributed by atoms with E-state index in [1.807, 2.05) is 0 Å². The number of ether oxygens (including phenoxy) is 2. The lowest BCUT2D eigenvalue weighted by Gasteiger charge is -2.19. The van der Waals surface area contributed by atoms with Crippen molar-refractivity contribution in [3.05, 3.63) is 0 Å². The Kier molecular flexibility index (Phi) is 3.65. The lowest BCUT2D eigenvalue weighted by Crippen LogP contribution is -2.29. The monoisotopic (exact) mass is 213 g/mol. The Morgan fingerprint density at radius 1 is 1.33 bits per heavy atom. The highest BCUT2D eigenvalue weighted by molar-refractivity contribution is 4.81. The molecule has 2 aliphatic heterocycles. The SMILES string of the molecule is CC1(C)CCC(COCC2CCCN2)O1. The standard InChI is InChI=1S/C12H23NO2/c1-12(2)6-5-11(15-12)9-14-8-10-4-3-7-13-10/h10-11,13H,3-9H2,1-2H3. The van der Waals surface area contributed by atoms with E-state index < -0.39 is 0 Å². The first-order chi connectivity index (χ1) is 7.16. The van der Waals surface area contributed by atoms with Crippen molar-refractivity contribution >= 4 is 0 Å². The third kappa shape index (κ3) is 3.44. The maximum Gasteiger partial charge on any atom is 0.0816 e. The smallest absolute Gasteiger partial charge is 0.0816 e. The molecule has 2 heterocycles. The number of hydrogen-bond acceptors (Lipinski definition) is 3. The van der Waals surface area contributed by atoms with Gasteiger partial charge in [0.25, 0.3) is 0 Å². The van der Waals surface area contributed by atoms with E-state index in [4.69, 9.17) is 9.47 Å². The van der Waals surface area contributed by atoms with Gasteiger partial charge in [-0.15, -0.1) is 0 Å². The van der Waals surface area contributed by atoms with E-state index >= 15 is 0 Å². The van der Waals surface area contributed by atoms with Crippen molar-refractivity contribution in [2.75, 3.05) is 19.8 Å². The van der Waals surface area contributed by atoms with E-state index in [0.717, 1.165) is 32.6 Å². The molecule has 2 atom stereocenters. The molecule has 15 heavy (non-hydrogen) atoms. The van der Waals surface area contributed by atoms with Crippen LogP contribution in [-0.2, 0) is 9.47 Å². The van der Waals surface area contributed by atoms with Crippen LogP contribution < -0.4 is 5.32 Å². The molecule has 2 fully saturated rings. The fourth-order valence-electron chi connectivity index (χ4n) is 2.44. The summed E-state index contributed by atoms with van der Waals surface area (Å²) in [6.45, 7) is 7.08. The van der Waals surface area contributed by atoms with Gasteiger partial charge >= 0.3 is 0 Å². The lowest BCUT2D eigenvalue weighted by molar-refractivity contribution is -0.0551. The Balaban J connectivity index is 1.58. The van der Waals surface area contributed by atoms with Crippen molar-refractivity contribution in [3.8, 4) is 0 Å². The molecule has 0 aliphatic carbocycles. The quantitative estimate of drug-likeness (QED) is 0.771. The van der Waals surface area contributed by atoms with Crippen LogP contribution in [0, 0.1) is 0 Å². The minimum absolute atomic E-state index is 0.0691. The fraction of sp³-hybridized carbons (Fsp3) is 1.00. The highest BCUT2D eigenvalue weighted by atomic mass is 16.5. The van der Waals surface area contributed by atoms with Crippen LogP contribution in [0.15, 0.2) is 0 Å². The van der Waals surface area contributed by atoms with Crippen LogP contribution in [0.5, 0.6) is 0 Å². The molecule has 3 heteroatoms. The lowest BCUT2D eigenvalue weighted by atomic mass is 10.1. The first kappa shape index (κ1) is 11.4. The van der Waals surface area contributed by atoms with E-state index in [1.165, 1.54) is 12.8 Å². The molecular weight excluding hydrogens is 190 g/mol. The second-order valence-electron chi connectivity index (χ2n) is 5.37. The minimum Gasteiger partial charge on any atom is -0.377 e. The van der Waals surface area contributed by atoms with Crippen molar-refractivity contribution in [3.63, 3.8) is 0 Å². The second-order valence-corrected chi connectivity index (χ2v) is 5.37. The third-order valence-electron chi connectivity index (χ3n) is 3.34. The molecule has 0 aromatic heterocycles. The number of hydrogen-bond donors (Lipinski definition) is 1. The van der Waals surface area contributed by atoms with Gasteiger partial charge in [-0.3, -0.25) is 0 Å². The van der Waals surface area contributed by atoms with Crippen molar-refractivity contribution in [1.29, 1.82) is 0 Å². The normalized spacial score (nSPS) is 34.8. The van der Waals surface area contributed by atoms with Gasteiger partial charge in [0.1, 0.15) is 0 Å². The zero-order valence-corrected chi connectivity index (χ0v) is 9.92. The van der Waals surface area contributed by atoms with Crippen molar-refractivity contribution in [2.24, 2.45) is 0 Å². The van der Waals surface area contributed by atoms with Crippen LogP contribution in [0.25, 0.3) is 0 Å². The fourth-order valence-corrected chi connectivity index (χ4v) is 2.44. The van der Waals surface area contributed by atoms with Crippen LogP contribution >= 0.6 is 0 Å². The van der Waals surface area contributed by atoms with Gasteiger partial charge in [-0.2, -0.15) is 0 Å². The molecule has 0 saturated carbocycles. The summed E-state index contributed by atoms with van der Waals surface area (Å²) in [6.07, 6.45) is 5.17. The van der Waals surface area contributed by atoms with Gasteiger partial charge < -0.3 is 14.8 Å². The van der Waals surface area contributed by atoms with Gasteiger partial charge in [0.05, 0.1) is 24.9 Å². The summed E-state index contributed by atoms with van der Waals surface area (Å²) >= 11 is 0. The summed E-state index contributed by atoms with van der Waals surface area (Å²) in [7, 11) is 0. The molecule has 0 bridgehead atoms. The molecule has 2 rings (SSSR count). The van der Waals surface area contributed by atoms with Gasteiger partial charge in [0, 0.05) is 6.04 Å². The average molecular weight is 213 g/mol. The summed E-state index contributed by atoms with van der Waals surface area (Å²) in [4.78, 5) is 0. The van der Waals surface area contributed by atoms with Gasteiger partial charge in [0.2, 0.25) is 0 Å². The summed E-state index contributed by atoms with van der Waals surface area (Å²) in [5.41, 5.74) is 0.0691. The average Bonchev–Trinajstić information content (AvgIpc) is 2.76. The molecule has 0 amide bonds. The highest BCUT2D eigenvalue weighted by Gasteiger charge is 2.31. The van der Waals surface area contributed by atoms with Crippen LogP contribution in [0.1, 0.15) is 39.5 Å². The largest absolute Gasteiger partial charge is 0.377 e. The maximum absolute atomic E-state index is 5.87. The Morgan fingerprint density at radius 2 is 2.20 bits per heavy atom. The Morgan fingerprint density at radius 3 is 2.80 bits per heavy atom. The second kappa shape index (κ2) is 4.81. The van der Waals surface area contributed by atoms with E-state index in [-0.39, 0.29) is 5.60 Å². The number of nitrogens with one attached hydrogen (secondary N) is 1. The van der Waals surface area contributed by atoms with Crippen molar-refractivity contribution < 1.29 is 9.47 Å². The van der Waals surface area contributed by atoms with E-state index in [2.05, 4.69) is 19.2 Å². The number of rotatable bonds is 4. The first-order valence-corrected chi connectivity index (χ1v) is 6.15. The van der Waals surface area contributed by atoms with Crippen LogP contribution in [0.3, 0.4) is 0 Å². The van der Waals surface area contributed by atoms with Gasteiger partial charge in [-0.05, 0) is 46.1 Å². The zero-order valence-electron chi connectivity index (χ0n) is 9.92. The van der Waals surface area contributed by atoms with E-state index in [0.29, 0.717) is 12.1 Å². The molecule has 0 aromatic carbocycles. The Hall–Kier alpha value is -0.120. The van der Waals surface area contributed by atoms with Gasteiger partial charge in [-0.1, -0.05) is 0 Å². The maximum atomic E-state index is 5.87. The van der Waals surface area contributed by atoms with Gasteiger partial charge in [0.15, 0.2) is 0 Å². The summed E-state index contributed by atoms with van der Waals surface area (Å²) < 4.78 is 11.6. The molecule has 3 nitrogen and oxygen atoms in total. The topological polar surface area (TPSA) is 30.5 Å².